The summed E-state index contributed by atoms with van der Waals surface area (Å²) >= 11 is 0. The van der Waals surface area contributed by atoms with Crippen LogP contribution in [0.25, 0.3) is 11.5 Å². The molecule has 1 atom stereocenters. The molecule has 2 N–H and O–H groups in total. The number of H-pyrrole nitrogens is 1. The average molecular weight is 233 g/mol. The van der Waals surface area contributed by atoms with Gasteiger partial charge in [-0.1, -0.05) is 6.92 Å². The zero-order valence-corrected chi connectivity index (χ0v) is 9.86. The minimum Gasteiger partial charge on any atom is -0.463 e. The van der Waals surface area contributed by atoms with Crippen LogP contribution in [0.1, 0.15) is 30.8 Å². The number of carbonyl (C=O) groups excluding carboxylic acids is 1. The van der Waals surface area contributed by atoms with E-state index in [0.717, 1.165) is 6.42 Å². The van der Waals surface area contributed by atoms with Crippen LogP contribution in [-0.4, -0.2) is 22.1 Å². The molecule has 0 aliphatic heterocycles. The summed E-state index contributed by atoms with van der Waals surface area (Å²) in [5.41, 5.74) is 1.07. The topological polar surface area (TPSA) is 70.9 Å². The largest absolute Gasteiger partial charge is 0.463 e. The zero-order chi connectivity index (χ0) is 12.3. The van der Waals surface area contributed by atoms with Gasteiger partial charge in [-0.05, 0) is 25.5 Å². The molecular weight excluding hydrogens is 218 g/mol. The molecule has 0 saturated heterocycles. The van der Waals surface area contributed by atoms with Gasteiger partial charge in [-0.25, -0.2) is 0 Å². The molecular formula is C12H15N3O2. The lowest BCUT2D eigenvalue weighted by molar-refractivity contribution is 0.0934. The lowest BCUT2D eigenvalue weighted by Crippen LogP contribution is -2.32. The van der Waals surface area contributed by atoms with Crippen LogP contribution in [0, 0.1) is 0 Å². The van der Waals surface area contributed by atoms with Gasteiger partial charge in [0.2, 0.25) is 0 Å². The smallest absolute Gasteiger partial charge is 0.271 e. The fourth-order valence-electron chi connectivity index (χ4n) is 1.40. The number of carbonyl (C=O) groups is 1. The maximum absolute atomic E-state index is 11.8. The first-order valence-electron chi connectivity index (χ1n) is 5.61. The monoisotopic (exact) mass is 233 g/mol. The van der Waals surface area contributed by atoms with Crippen molar-refractivity contribution in [3.05, 3.63) is 30.2 Å². The highest BCUT2D eigenvalue weighted by Crippen LogP contribution is 2.17. The maximum Gasteiger partial charge on any atom is 0.271 e. The molecule has 0 aromatic carbocycles. The Morgan fingerprint density at radius 3 is 3.12 bits per heavy atom. The van der Waals surface area contributed by atoms with E-state index >= 15 is 0 Å². The molecule has 2 aromatic rings. The van der Waals surface area contributed by atoms with Crippen molar-refractivity contribution in [3.63, 3.8) is 0 Å². The molecule has 0 radical (unpaired) electrons. The summed E-state index contributed by atoms with van der Waals surface area (Å²) < 4.78 is 5.21. The predicted octanol–water partition coefficient (Wildman–Crippen LogP) is 2.20. The van der Waals surface area contributed by atoms with Crippen LogP contribution in [-0.2, 0) is 0 Å². The number of furan rings is 1. The summed E-state index contributed by atoms with van der Waals surface area (Å²) in [5, 5.41) is 9.59. The molecule has 0 bridgehead atoms. The van der Waals surface area contributed by atoms with Gasteiger partial charge < -0.3 is 9.73 Å². The van der Waals surface area contributed by atoms with E-state index in [4.69, 9.17) is 4.42 Å². The van der Waals surface area contributed by atoms with E-state index in [1.54, 1.807) is 18.4 Å². The van der Waals surface area contributed by atoms with Crippen molar-refractivity contribution < 1.29 is 9.21 Å². The van der Waals surface area contributed by atoms with Crippen molar-refractivity contribution in [2.75, 3.05) is 0 Å². The Balaban J connectivity index is 2.11. The van der Waals surface area contributed by atoms with Gasteiger partial charge in [0.25, 0.3) is 5.91 Å². The molecule has 0 aliphatic carbocycles. The van der Waals surface area contributed by atoms with E-state index in [9.17, 15) is 4.79 Å². The molecule has 1 unspecified atom stereocenters. The number of amides is 1. The summed E-state index contributed by atoms with van der Waals surface area (Å²) in [5.74, 6) is 0.494. The third-order valence-corrected chi connectivity index (χ3v) is 2.59. The number of aromatic amines is 1. The van der Waals surface area contributed by atoms with Crippen LogP contribution in [0.3, 0.4) is 0 Å². The van der Waals surface area contributed by atoms with E-state index < -0.39 is 0 Å². The third-order valence-electron chi connectivity index (χ3n) is 2.59. The van der Waals surface area contributed by atoms with Gasteiger partial charge in [-0.3, -0.25) is 9.89 Å². The van der Waals surface area contributed by atoms with Gasteiger partial charge in [-0.2, -0.15) is 5.10 Å². The van der Waals surface area contributed by atoms with Crippen LogP contribution < -0.4 is 5.32 Å². The molecule has 5 heteroatoms. The molecule has 2 aromatic heterocycles. The maximum atomic E-state index is 11.8. The van der Waals surface area contributed by atoms with Gasteiger partial charge >= 0.3 is 0 Å². The van der Waals surface area contributed by atoms with Gasteiger partial charge in [0.05, 0.1) is 6.26 Å². The Labute approximate surface area is 99.2 Å². The standard InChI is InChI=1S/C12H15N3O2/c1-3-8(2)13-12(16)10-7-9(14-15-10)11-5-4-6-17-11/h4-8H,3H2,1-2H3,(H,13,16)(H,14,15). The van der Waals surface area contributed by atoms with E-state index in [2.05, 4.69) is 15.5 Å². The summed E-state index contributed by atoms with van der Waals surface area (Å²) in [6, 6.07) is 5.42. The van der Waals surface area contributed by atoms with Crippen molar-refractivity contribution in [1.29, 1.82) is 0 Å². The fraction of sp³-hybridized carbons (Fsp3) is 0.333. The molecule has 1 amide bonds. The van der Waals surface area contributed by atoms with Gasteiger partial charge in [-0.15, -0.1) is 0 Å². The Morgan fingerprint density at radius 1 is 1.65 bits per heavy atom. The van der Waals surface area contributed by atoms with Gasteiger partial charge in [0.15, 0.2) is 11.5 Å². The zero-order valence-electron chi connectivity index (χ0n) is 9.86. The molecule has 17 heavy (non-hydrogen) atoms. The average Bonchev–Trinajstić information content (AvgIpc) is 2.98. The first-order chi connectivity index (χ1) is 8.20. The second-order valence-corrected chi connectivity index (χ2v) is 3.93. The highest BCUT2D eigenvalue weighted by molar-refractivity contribution is 5.93. The first kappa shape index (κ1) is 11.4. The van der Waals surface area contributed by atoms with Crippen molar-refractivity contribution in [2.24, 2.45) is 0 Å². The quantitative estimate of drug-likeness (QED) is 0.850. The van der Waals surface area contributed by atoms with Gasteiger partial charge in [0.1, 0.15) is 5.69 Å². The molecule has 2 heterocycles. The molecule has 0 saturated carbocycles. The van der Waals surface area contributed by atoms with Crippen LogP contribution in [0.4, 0.5) is 0 Å². The molecule has 2 rings (SSSR count). The number of hydrogen-bond acceptors (Lipinski definition) is 3. The number of nitrogens with one attached hydrogen (secondary N) is 2. The summed E-state index contributed by atoms with van der Waals surface area (Å²) in [4.78, 5) is 11.8. The molecule has 0 spiro atoms. The summed E-state index contributed by atoms with van der Waals surface area (Å²) in [6.07, 6.45) is 2.47. The lowest BCUT2D eigenvalue weighted by Gasteiger charge is -2.08. The van der Waals surface area contributed by atoms with E-state index in [1.165, 1.54) is 0 Å². The Morgan fingerprint density at radius 2 is 2.47 bits per heavy atom. The van der Waals surface area contributed by atoms with Crippen molar-refractivity contribution in [2.45, 2.75) is 26.3 Å². The van der Waals surface area contributed by atoms with Crippen molar-refractivity contribution in [1.82, 2.24) is 15.5 Å². The fourth-order valence-corrected chi connectivity index (χ4v) is 1.40. The van der Waals surface area contributed by atoms with E-state index in [1.807, 2.05) is 19.9 Å². The number of aromatic nitrogens is 2. The van der Waals surface area contributed by atoms with Crippen LogP contribution >= 0.6 is 0 Å². The van der Waals surface area contributed by atoms with Crippen LogP contribution in [0.2, 0.25) is 0 Å². The van der Waals surface area contributed by atoms with Crippen LogP contribution in [0.15, 0.2) is 28.9 Å². The highest BCUT2D eigenvalue weighted by Gasteiger charge is 2.13. The van der Waals surface area contributed by atoms with E-state index in [-0.39, 0.29) is 11.9 Å². The Hall–Kier alpha value is -2.04. The Bertz CT molecular complexity index is 488. The molecule has 90 valence electrons. The molecule has 0 aliphatic rings. The molecule has 0 fully saturated rings. The number of nitrogens with zero attached hydrogens (tertiary/aromatic N) is 1. The van der Waals surface area contributed by atoms with Gasteiger partial charge in [0, 0.05) is 12.1 Å². The minimum absolute atomic E-state index is 0.145. The summed E-state index contributed by atoms with van der Waals surface area (Å²) in [7, 11) is 0. The third kappa shape index (κ3) is 2.55. The van der Waals surface area contributed by atoms with Crippen molar-refractivity contribution in [3.8, 4) is 11.5 Å². The second-order valence-electron chi connectivity index (χ2n) is 3.93. The Kier molecular flexibility index (Phi) is 3.27. The normalized spacial score (nSPS) is 12.4. The lowest BCUT2D eigenvalue weighted by atomic mass is 10.2. The van der Waals surface area contributed by atoms with E-state index in [0.29, 0.717) is 17.1 Å². The van der Waals surface area contributed by atoms with Crippen molar-refractivity contribution >= 4 is 5.91 Å². The van der Waals surface area contributed by atoms with Crippen LogP contribution in [0.5, 0.6) is 0 Å². The molecule has 5 nitrogen and oxygen atoms in total. The second kappa shape index (κ2) is 4.86. The predicted molar refractivity (Wildman–Crippen MR) is 63.5 cm³/mol. The SMILES string of the molecule is CCC(C)NC(=O)c1cc(-c2ccco2)[nH]n1. The highest BCUT2D eigenvalue weighted by atomic mass is 16.3. The number of rotatable bonds is 4. The number of hydrogen-bond donors (Lipinski definition) is 2. The minimum atomic E-state index is -0.173. The summed E-state index contributed by atoms with van der Waals surface area (Å²) in [6.45, 7) is 3.97. The first-order valence-corrected chi connectivity index (χ1v) is 5.61.